The quantitative estimate of drug-likeness (QED) is 0.290. The maximum atomic E-state index is 13.3. The first-order valence-electron chi connectivity index (χ1n) is 9.99. The Bertz CT molecular complexity index is 1450. The van der Waals surface area contributed by atoms with E-state index in [2.05, 4.69) is 20.5 Å². The van der Waals surface area contributed by atoms with Crippen molar-refractivity contribution in [2.75, 3.05) is 25.3 Å². The lowest BCUT2D eigenvalue weighted by molar-refractivity contribution is -0.137. The van der Waals surface area contributed by atoms with Crippen LogP contribution < -0.4 is 20.3 Å². The van der Waals surface area contributed by atoms with Crippen LogP contribution in [0.15, 0.2) is 58.6 Å². The number of ether oxygens (including phenoxy) is 2. The summed E-state index contributed by atoms with van der Waals surface area (Å²) >= 11 is 0.887. The summed E-state index contributed by atoms with van der Waals surface area (Å²) in [5, 5.41) is 9.17. The monoisotopic (exact) mass is 505 g/mol. The van der Waals surface area contributed by atoms with Crippen LogP contribution in [0.3, 0.4) is 0 Å². The first-order chi connectivity index (χ1) is 16.7. The maximum Gasteiger partial charge on any atom is 0.416 e. The van der Waals surface area contributed by atoms with Gasteiger partial charge < -0.3 is 14.8 Å². The highest BCUT2D eigenvalue weighted by molar-refractivity contribution is 7.99. The molecule has 2 heterocycles. The number of rotatable bonds is 7. The van der Waals surface area contributed by atoms with E-state index < -0.39 is 23.2 Å². The smallest absolute Gasteiger partial charge is 0.416 e. The number of alkyl halides is 3. The summed E-state index contributed by atoms with van der Waals surface area (Å²) in [4.78, 5) is 30.0. The van der Waals surface area contributed by atoms with Crippen LogP contribution in [0.4, 0.5) is 18.9 Å². The van der Waals surface area contributed by atoms with E-state index in [4.69, 9.17) is 9.47 Å². The molecule has 0 radical (unpaired) electrons. The Morgan fingerprint density at radius 2 is 1.91 bits per heavy atom. The second-order valence-electron chi connectivity index (χ2n) is 7.12. The summed E-state index contributed by atoms with van der Waals surface area (Å²) in [7, 11) is 2.95. The van der Waals surface area contributed by atoms with Crippen LogP contribution in [0.1, 0.15) is 5.56 Å². The molecule has 0 atom stereocenters. The van der Waals surface area contributed by atoms with Crippen molar-refractivity contribution in [3.05, 3.63) is 64.6 Å². The Labute approximate surface area is 200 Å². The molecule has 0 unspecified atom stereocenters. The number of amides is 1. The van der Waals surface area contributed by atoms with Gasteiger partial charge in [0.1, 0.15) is 5.39 Å². The van der Waals surface area contributed by atoms with Gasteiger partial charge in [0.05, 0.1) is 37.4 Å². The number of aromatic amines is 1. The van der Waals surface area contributed by atoms with Crippen molar-refractivity contribution >= 4 is 34.4 Å². The first-order valence-corrected chi connectivity index (χ1v) is 11.0. The average Bonchev–Trinajstić information content (AvgIpc) is 3.31. The molecule has 35 heavy (non-hydrogen) atoms. The van der Waals surface area contributed by atoms with Gasteiger partial charge in [0.25, 0.3) is 5.56 Å². The standard InChI is InChI=1S/C22H18F3N5O4S/c1-33-16-7-6-13(9-17(16)34-2)27-18(31)11-35-21-28-19-15(10-26-29-19)20(32)30(21)14-5-3-4-12(8-14)22(23,24)25/h3-10H,11H2,1-2H3,(H,26,29)(H,27,31). The number of hydrogen-bond donors (Lipinski definition) is 2. The van der Waals surface area contributed by atoms with Crippen LogP contribution in [0.25, 0.3) is 16.7 Å². The highest BCUT2D eigenvalue weighted by atomic mass is 32.2. The molecule has 0 spiro atoms. The molecule has 0 aliphatic carbocycles. The van der Waals surface area contributed by atoms with Crippen molar-refractivity contribution in [1.82, 2.24) is 19.7 Å². The van der Waals surface area contributed by atoms with Gasteiger partial charge in [-0.15, -0.1) is 0 Å². The molecule has 0 aliphatic rings. The Balaban J connectivity index is 1.63. The van der Waals surface area contributed by atoms with Crippen molar-refractivity contribution in [2.24, 2.45) is 0 Å². The van der Waals surface area contributed by atoms with Gasteiger partial charge >= 0.3 is 6.18 Å². The largest absolute Gasteiger partial charge is 0.493 e. The normalized spacial score (nSPS) is 11.5. The molecule has 0 fully saturated rings. The van der Waals surface area contributed by atoms with Gasteiger partial charge in [-0.25, -0.2) is 4.98 Å². The number of halogens is 3. The molecule has 13 heteroatoms. The first kappa shape index (κ1) is 24.1. The van der Waals surface area contributed by atoms with Crippen LogP contribution in [0.2, 0.25) is 0 Å². The molecule has 182 valence electrons. The van der Waals surface area contributed by atoms with E-state index in [9.17, 15) is 22.8 Å². The van der Waals surface area contributed by atoms with E-state index in [0.29, 0.717) is 17.2 Å². The number of carbonyl (C=O) groups is 1. The Morgan fingerprint density at radius 1 is 1.14 bits per heavy atom. The summed E-state index contributed by atoms with van der Waals surface area (Å²) in [5.74, 6) is 0.292. The molecule has 4 rings (SSSR count). The minimum atomic E-state index is -4.60. The number of thioether (sulfide) groups is 1. The SMILES string of the molecule is COc1ccc(NC(=O)CSc2nc3[nH]ncc3c(=O)n2-c2cccc(C(F)(F)F)c2)cc1OC. The van der Waals surface area contributed by atoms with E-state index in [-0.39, 0.29) is 27.6 Å². The summed E-state index contributed by atoms with van der Waals surface area (Å²) in [6, 6.07) is 9.14. The molecular formula is C22H18F3N5O4S. The van der Waals surface area contributed by atoms with Crippen molar-refractivity contribution in [3.63, 3.8) is 0 Å². The zero-order chi connectivity index (χ0) is 25.2. The highest BCUT2D eigenvalue weighted by Gasteiger charge is 2.31. The molecule has 1 amide bonds. The summed E-state index contributed by atoms with van der Waals surface area (Å²) in [6.45, 7) is 0. The topological polar surface area (TPSA) is 111 Å². The second-order valence-corrected chi connectivity index (χ2v) is 8.06. The number of fused-ring (bicyclic) bond motifs is 1. The van der Waals surface area contributed by atoms with Gasteiger partial charge in [-0.1, -0.05) is 17.8 Å². The Hall–Kier alpha value is -4.00. The molecule has 0 bridgehead atoms. The third kappa shape index (κ3) is 5.09. The van der Waals surface area contributed by atoms with Crippen molar-refractivity contribution in [3.8, 4) is 17.2 Å². The zero-order valence-corrected chi connectivity index (χ0v) is 19.2. The molecular weight excluding hydrogens is 487 g/mol. The lowest BCUT2D eigenvalue weighted by Gasteiger charge is -2.14. The third-order valence-corrected chi connectivity index (χ3v) is 5.82. The number of benzene rings is 2. The van der Waals surface area contributed by atoms with E-state index in [1.165, 1.54) is 32.5 Å². The Kier molecular flexibility index (Phi) is 6.69. The Morgan fingerprint density at radius 3 is 2.63 bits per heavy atom. The van der Waals surface area contributed by atoms with Gasteiger partial charge in [-0.3, -0.25) is 19.3 Å². The maximum absolute atomic E-state index is 13.3. The fourth-order valence-corrected chi connectivity index (χ4v) is 4.07. The molecule has 2 aromatic heterocycles. The van der Waals surface area contributed by atoms with Crippen molar-refractivity contribution in [2.45, 2.75) is 11.3 Å². The molecule has 0 saturated heterocycles. The predicted molar refractivity (Wildman–Crippen MR) is 123 cm³/mol. The number of H-pyrrole nitrogens is 1. The van der Waals surface area contributed by atoms with E-state index in [1.807, 2.05) is 0 Å². The molecule has 2 aromatic carbocycles. The lowest BCUT2D eigenvalue weighted by atomic mass is 10.2. The van der Waals surface area contributed by atoms with Gasteiger partial charge in [-0.05, 0) is 30.3 Å². The fourth-order valence-electron chi connectivity index (χ4n) is 3.26. The van der Waals surface area contributed by atoms with Crippen LogP contribution in [-0.4, -0.2) is 45.6 Å². The molecule has 9 nitrogen and oxygen atoms in total. The van der Waals surface area contributed by atoms with E-state index >= 15 is 0 Å². The van der Waals surface area contributed by atoms with Crippen LogP contribution in [0.5, 0.6) is 11.5 Å². The zero-order valence-electron chi connectivity index (χ0n) is 18.3. The predicted octanol–water partition coefficient (Wildman–Crippen LogP) is 3.88. The fraction of sp³-hybridized carbons (Fsp3) is 0.182. The number of nitrogens with one attached hydrogen (secondary N) is 2. The number of methoxy groups -OCH3 is 2. The van der Waals surface area contributed by atoms with Crippen LogP contribution in [-0.2, 0) is 11.0 Å². The molecule has 0 aliphatic heterocycles. The number of hydrogen-bond acceptors (Lipinski definition) is 7. The molecule has 2 N–H and O–H groups in total. The van der Waals surface area contributed by atoms with Gasteiger partial charge in [-0.2, -0.15) is 18.3 Å². The van der Waals surface area contributed by atoms with Crippen LogP contribution in [0, 0.1) is 0 Å². The number of aromatic nitrogens is 4. The highest BCUT2D eigenvalue weighted by Crippen LogP contribution is 2.32. The summed E-state index contributed by atoms with van der Waals surface area (Å²) in [6.07, 6.45) is -3.35. The number of anilines is 1. The number of nitrogens with zero attached hydrogens (tertiary/aromatic N) is 3. The van der Waals surface area contributed by atoms with Gasteiger partial charge in [0.15, 0.2) is 22.3 Å². The molecule has 4 aromatic rings. The lowest BCUT2D eigenvalue weighted by Crippen LogP contribution is -2.23. The van der Waals surface area contributed by atoms with Crippen LogP contribution >= 0.6 is 11.8 Å². The summed E-state index contributed by atoms with van der Waals surface area (Å²) < 4.78 is 51.2. The number of carbonyl (C=O) groups excluding carboxylic acids is 1. The third-order valence-electron chi connectivity index (χ3n) is 4.88. The minimum absolute atomic E-state index is 0.0218. The summed E-state index contributed by atoms with van der Waals surface area (Å²) in [5.41, 5.74) is -0.980. The second kappa shape index (κ2) is 9.70. The van der Waals surface area contributed by atoms with E-state index in [0.717, 1.165) is 28.5 Å². The molecule has 0 saturated carbocycles. The van der Waals surface area contributed by atoms with Crippen molar-refractivity contribution in [1.29, 1.82) is 0 Å². The minimum Gasteiger partial charge on any atom is -0.493 e. The average molecular weight is 505 g/mol. The van der Waals surface area contributed by atoms with Gasteiger partial charge in [0.2, 0.25) is 5.91 Å². The van der Waals surface area contributed by atoms with E-state index in [1.54, 1.807) is 18.2 Å². The van der Waals surface area contributed by atoms with Crippen molar-refractivity contribution < 1.29 is 27.4 Å². The van der Waals surface area contributed by atoms with Gasteiger partial charge in [0, 0.05) is 11.8 Å².